The van der Waals surface area contributed by atoms with Gasteiger partial charge in [0, 0.05) is 5.41 Å². The van der Waals surface area contributed by atoms with Gasteiger partial charge in [0.1, 0.15) is 0 Å². The molecular weight excluding hydrogens is 745 g/mol. The molecule has 0 saturated heterocycles. The number of benzene rings is 11. The van der Waals surface area contributed by atoms with Gasteiger partial charge in [-0.1, -0.05) is 196 Å². The Kier molecular flexibility index (Phi) is 6.65. The molecule has 288 valence electrons. The number of hydrogen-bond acceptors (Lipinski definition) is 0. The molecule has 3 aliphatic rings. The van der Waals surface area contributed by atoms with Crippen LogP contribution in [0.4, 0.5) is 0 Å². The lowest BCUT2D eigenvalue weighted by Crippen LogP contribution is -2.26. The van der Waals surface area contributed by atoms with Crippen LogP contribution in [0.5, 0.6) is 0 Å². The molecule has 3 aliphatic carbocycles. The van der Waals surface area contributed by atoms with E-state index in [4.69, 9.17) is 0 Å². The van der Waals surface area contributed by atoms with Crippen LogP contribution in [-0.2, 0) is 10.8 Å². The highest BCUT2D eigenvalue weighted by Gasteiger charge is 2.52. The van der Waals surface area contributed by atoms with Crippen LogP contribution in [0.3, 0.4) is 0 Å². The molecule has 62 heavy (non-hydrogen) atoms. The van der Waals surface area contributed by atoms with Crippen molar-refractivity contribution >= 4 is 43.1 Å². The first-order chi connectivity index (χ1) is 30.5. The van der Waals surface area contributed by atoms with Crippen molar-refractivity contribution in [2.24, 2.45) is 0 Å². The van der Waals surface area contributed by atoms with Crippen molar-refractivity contribution in [3.8, 4) is 55.6 Å². The Morgan fingerprint density at radius 2 is 0.742 bits per heavy atom. The molecule has 1 spiro atoms. The smallest absolute Gasteiger partial charge is 0.0619 e. The maximum atomic E-state index is 2.55. The van der Waals surface area contributed by atoms with Crippen molar-refractivity contribution < 1.29 is 0 Å². The van der Waals surface area contributed by atoms with Crippen LogP contribution in [0, 0.1) is 0 Å². The molecule has 0 amide bonds. The van der Waals surface area contributed by atoms with Crippen molar-refractivity contribution in [2.45, 2.75) is 24.7 Å². The van der Waals surface area contributed by atoms with Crippen molar-refractivity contribution in [1.29, 1.82) is 0 Å². The molecule has 0 radical (unpaired) electrons. The number of fused-ring (bicyclic) bond motifs is 18. The zero-order valence-electron chi connectivity index (χ0n) is 34.6. The summed E-state index contributed by atoms with van der Waals surface area (Å²) in [5.74, 6) is 0. The van der Waals surface area contributed by atoms with E-state index in [9.17, 15) is 0 Å². The Labute approximate surface area is 361 Å². The van der Waals surface area contributed by atoms with E-state index < -0.39 is 5.41 Å². The summed E-state index contributed by atoms with van der Waals surface area (Å²) in [6.45, 7) is 4.76. The predicted molar refractivity (Wildman–Crippen MR) is 261 cm³/mol. The molecule has 0 aliphatic heterocycles. The van der Waals surface area contributed by atoms with Gasteiger partial charge in [-0.3, -0.25) is 0 Å². The summed E-state index contributed by atoms with van der Waals surface area (Å²) in [5, 5.41) is 10.2. The zero-order valence-corrected chi connectivity index (χ0v) is 34.6. The van der Waals surface area contributed by atoms with Gasteiger partial charge in [0.2, 0.25) is 0 Å². The third-order valence-electron chi connectivity index (χ3n) is 15.0. The van der Waals surface area contributed by atoms with E-state index in [1.807, 2.05) is 0 Å². The number of hydrogen-bond donors (Lipinski definition) is 0. The van der Waals surface area contributed by atoms with Crippen LogP contribution < -0.4 is 0 Å². The second-order valence-electron chi connectivity index (χ2n) is 18.3. The molecule has 0 heterocycles. The lowest BCUT2D eigenvalue weighted by molar-refractivity contribution is 0.660. The molecule has 0 fully saturated rings. The SMILES string of the molecule is CC1(C)c2ccccc2-c2ccc(-c3c4ccccc4c(-c4ccc5cc6c(cc5c4)C4(c5ccccc5-c5ccccc54)c4c-6ccc5ccccc45)c4ccccc34)cc21. The van der Waals surface area contributed by atoms with E-state index in [1.54, 1.807) is 0 Å². The van der Waals surface area contributed by atoms with Gasteiger partial charge >= 0.3 is 0 Å². The summed E-state index contributed by atoms with van der Waals surface area (Å²) in [4.78, 5) is 0. The fourth-order valence-electron chi connectivity index (χ4n) is 12.4. The molecular formula is C62H40. The monoisotopic (exact) mass is 784 g/mol. The fraction of sp³-hybridized carbons (Fsp3) is 0.0645. The fourth-order valence-corrected chi connectivity index (χ4v) is 12.4. The first-order valence-corrected chi connectivity index (χ1v) is 22.0. The zero-order chi connectivity index (χ0) is 40.9. The number of rotatable bonds is 2. The average Bonchev–Trinajstić information content (AvgIpc) is 3.87. The Bertz CT molecular complexity index is 3680. The molecule has 0 atom stereocenters. The van der Waals surface area contributed by atoms with E-state index in [1.165, 1.54) is 132 Å². The van der Waals surface area contributed by atoms with Gasteiger partial charge in [0.05, 0.1) is 5.41 Å². The topological polar surface area (TPSA) is 0 Å². The van der Waals surface area contributed by atoms with Crippen LogP contribution in [0.15, 0.2) is 206 Å². The second kappa shape index (κ2) is 12.1. The molecule has 0 aromatic heterocycles. The highest BCUT2D eigenvalue weighted by molar-refractivity contribution is 6.22. The van der Waals surface area contributed by atoms with Crippen LogP contribution in [-0.4, -0.2) is 0 Å². The molecule has 0 bridgehead atoms. The van der Waals surface area contributed by atoms with Gasteiger partial charge in [0.25, 0.3) is 0 Å². The first-order valence-electron chi connectivity index (χ1n) is 22.0. The van der Waals surface area contributed by atoms with Crippen LogP contribution in [0.2, 0.25) is 0 Å². The van der Waals surface area contributed by atoms with Crippen molar-refractivity contribution in [3.63, 3.8) is 0 Å². The van der Waals surface area contributed by atoms with E-state index in [-0.39, 0.29) is 5.41 Å². The van der Waals surface area contributed by atoms with Gasteiger partial charge in [-0.15, -0.1) is 0 Å². The van der Waals surface area contributed by atoms with Crippen LogP contribution >= 0.6 is 0 Å². The second-order valence-corrected chi connectivity index (χ2v) is 18.3. The average molecular weight is 785 g/mol. The predicted octanol–water partition coefficient (Wildman–Crippen LogP) is 16.3. The van der Waals surface area contributed by atoms with Crippen molar-refractivity contribution in [1.82, 2.24) is 0 Å². The van der Waals surface area contributed by atoms with E-state index >= 15 is 0 Å². The Hall–Kier alpha value is -7.54. The van der Waals surface area contributed by atoms with E-state index in [2.05, 4.69) is 220 Å². The molecule has 14 rings (SSSR count). The van der Waals surface area contributed by atoms with Crippen LogP contribution in [0.25, 0.3) is 98.7 Å². The van der Waals surface area contributed by atoms with Crippen LogP contribution in [0.1, 0.15) is 47.2 Å². The molecule has 11 aromatic rings. The summed E-state index contributed by atoms with van der Waals surface area (Å²) in [6, 6.07) is 78.5. The maximum absolute atomic E-state index is 2.55. The minimum absolute atomic E-state index is 0.0749. The highest BCUT2D eigenvalue weighted by Crippen LogP contribution is 2.64. The van der Waals surface area contributed by atoms with Gasteiger partial charge in [-0.25, -0.2) is 0 Å². The summed E-state index contributed by atoms with van der Waals surface area (Å²) >= 11 is 0. The standard InChI is InChI=1S/C62H40/c1-61(2)53-24-12-9-17-43(53)46-31-30-40(35-56(46)61)59-49-22-7-5-20-47(49)58(48-21-6-8-23-50(48)59)39-28-27-38-34-52-51-32-29-37-15-3-4-16-42(37)60(51)62(57(52)36-41(38)33-39)54-25-13-10-18-44(54)45-19-11-14-26-55(45)62/h3-36H,1-2H3. The quantitative estimate of drug-likeness (QED) is 0.153. The van der Waals surface area contributed by atoms with Gasteiger partial charge in [-0.05, 0) is 156 Å². The Morgan fingerprint density at radius 1 is 0.274 bits per heavy atom. The molecule has 0 N–H and O–H groups in total. The molecule has 0 heteroatoms. The third-order valence-corrected chi connectivity index (χ3v) is 15.0. The largest absolute Gasteiger partial charge is 0.0731 e. The highest BCUT2D eigenvalue weighted by atomic mass is 14.5. The molecule has 0 unspecified atom stereocenters. The molecule has 0 nitrogen and oxygen atoms in total. The van der Waals surface area contributed by atoms with E-state index in [0.717, 1.165) is 0 Å². The van der Waals surface area contributed by atoms with Crippen molar-refractivity contribution in [2.75, 3.05) is 0 Å². The summed E-state index contributed by atoms with van der Waals surface area (Å²) in [6.07, 6.45) is 0. The lowest BCUT2D eigenvalue weighted by atomic mass is 9.69. The van der Waals surface area contributed by atoms with Crippen molar-refractivity contribution in [3.05, 3.63) is 240 Å². The summed E-state index contributed by atoms with van der Waals surface area (Å²) < 4.78 is 0. The molecule has 11 aromatic carbocycles. The van der Waals surface area contributed by atoms with E-state index in [0.29, 0.717) is 0 Å². The Morgan fingerprint density at radius 3 is 1.39 bits per heavy atom. The van der Waals surface area contributed by atoms with Gasteiger partial charge in [-0.2, -0.15) is 0 Å². The Balaban J connectivity index is 1.02. The summed E-state index contributed by atoms with van der Waals surface area (Å²) in [7, 11) is 0. The normalized spacial score (nSPS) is 14.5. The summed E-state index contributed by atoms with van der Waals surface area (Å²) in [5.41, 5.74) is 21.0. The third kappa shape index (κ3) is 4.22. The minimum Gasteiger partial charge on any atom is -0.0619 e. The minimum atomic E-state index is -0.435. The van der Waals surface area contributed by atoms with Gasteiger partial charge in [0.15, 0.2) is 0 Å². The molecule has 0 saturated carbocycles. The van der Waals surface area contributed by atoms with Gasteiger partial charge < -0.3 is 0 Å². The first kappa shape index (κ1) is 34.2. The lowest BCUT2D eigenvalue weighted by Gasteiger charge is -2.31. The maximum Gasteiger partial charge on any atom is 0.0731 e.